The molecule has 1 aliphatic heterocycles. The summed E-state index contributed by atoms with van der Waals surface area (Å²) in [7, 11) is 3.47. The van der Waals surface area contributed by atoms with Crippen LogP contribution in [0.15, 0.2) is 48.5 Å². The molecule has 1 heterocycles. The second-order valence-corrected chi connectivity index (χ2v) is 7.26. The van der Waals surface area contributed by atoms with E-state index in [-0.39, 0.29) is 18.4 Å². The van der Waals surface area contributed by atoms with Gasteiger partial charge in [-0.05, 0) is 48.7 Å². The molecule has 3 rings (SSSR count). The van der Waals surface area contributed by atoms with Crippen molar-refractivity contribution in [2.75, 3.05) is 49.3 Å². The lowest BCUT2D eigenvalue weighted by molar-refractivity contribution is -0.127. The normalized spacial score (nSPS) is 13.3. The van der Waals surface area contributed by atoms with Crippen molar-refractivity contribution in [2.24, 2.45) is 0 Å². The van der Waals surface area contributed by atoms with Crippen LogP contribution in [0.4, 0.5) is 17.1 Å². The lowest BCUT2D eigenvalue weighted by atomic mass is 10.1. The van der Waals surface area contributed by atoms with Gasteiger partial charge < -0.3 is 20.4 Å². The van der Waals surface area contributed by atoms with Gasteiger partial charge in [-0.1, -0.05) is 18.2 Å². The average Bonchev–Trinajstić information content (AvgIpc) is 3.22. The van der Waals surface area contributed by atoms with Gasteiger partial charge in [-0.3, -0.25) is 9.59 Å². The number of para-hydroxylation sites is 1. The van der Waals surface area contributed by atoms with Gasteiger partial charge in [0, 0.05) is 44.2 Å². The van der Waals surface area contributed by atoms with E-state index in [1.807, 2.05) is 36.4 Å². The highest BCUT2D eigenvalue weighted by Crippen LogP contribution is 2.22. The van der Waals surface area contributed by atoms with Crippen LogP contribution in [0, 0.1) is 0 Å². The molecule has 28 heavy (non-hydrogen) atoms. The first kappa shape index (κ1) is 19.7. The maximum absolute atomic E-state index is 12.3. The van der Waals surface area contributed by atoms with Crippen LogP contribution in [0.1, 0.15) is 18.4 Å². The number of carbonyl (C=O) groups excluding carboxylic acids is 2. The van der Waals surface area contributed by atoms with E-state index in [4.69, 9.17) is 0 Å². The summed E-state index contributed by atoms with van der Waals surface area (Å²) < 4.78 is 0. The summed E-state index contributed by atoms with van der Waals surface area (Å²) in [4.78, 5) is 28.2. The molecule has 2 aromatic rings. The third-order valence-electron chi connectivity index (χ3n) is 4.92. The van der Waals surface area contributed by atoms with Gasteiger partial charge in [0.25, 0.3) is 0 Å². The van der Waals surface area contributed by atoms with E-state index in [9.17, 15) is 9.59 Å². The average molecular weight is 380 g/mol. The van der Waals surface area contributed by atoms with Crippen LogP contribution in [0.25, 0.3) is 0 Å². The highest BCUT2D eigenvalue weighted by molar-refractivity contribution is 5.94. The predicted molar refractivity (Wildman–Crippen MR) is 114 cm³/mol. The van der Waals surface area contributed by atoms with Gasteiger partial charge in [-0.2, -0.15) is 0 Å². The molecule has 0 radical (unpaired) electrons. The molecule has 1 saturated heterocycles. The zero-order valence-corrected chi connectivity index (χ0v) is 16.6. The topological polar surface area (TPSA) is 64.7 Å². The molecule has 2 N–H and O–H groups in total. The summed E-state index contributed by atoms with van der Waals surface area (Å²) in [6.07, 6.45) is 2.79. The summed E-state index contributed by atoms with van der Waals surface area (Å²) in [5.74, 6) is -0.0977. The van der Waals surface area contributed by atoms with Crippen LogP contribution in [0.5, 0.6) is 0 Å². The van der Waals surface area contributed by atoms with Crippen LogP contribution < -0.4 is 15.5 Å². The predicted octanol–water partition coefficient (Wildman–Crippen LogP) is 2.97. The molecule has 0 atom stereocenters. The van der Waals surface area contributed by atoms with Gasteiger partial charge in [0.2, 0.25) is 11.8 Å². The van der Waals surface area contributed by atoms with E-state index >= 15 is 0 Å². The second kappa shape index (κ2) is 9.26. The molecule has 148 valence electrons. The summed E-state index contributed by atoms with van der Waals surface area (Å²) in [6.45, 7) is 2.35. The Hall–Kier alpha value is -3.02. The first-order valence-corrected chi connectivity index (χ1v) is 9.70. The first-order chi connectivity index (χ1) is 13.5. The van der Waals surface area contributed by atoms with Crippen molar-refractivity contribution in [3.8, 4) is 0 Å². The van der Waals surface area contributed by atoms with Crippen molar-refractivity contribution in [2.45, 2.75) is 19.3 Å². The van der Waals surface area contributed by atoms with Gasteiger partial charge >= 0.3 is 0 Å². The highest BCUT2D eigenvalue weighted by Gasteiger charge is 2.13. The third-order valence-corrected chi connectivity index (χ3v) is 4.92. The molecule has 0 spiro atoms. The second-order valence-electron chi connectivity index (χ2n) is 7.26. The van der Waals surface area contributed by atoms with Crippen molar-refractivity contribution >= 4 is 28.9 Å². The number of likely N-dealkylation sites (N-methyl/N-ethyl adjacent to an activating group) is 1. The van der Waals surface area contributed by atoms with E-state index < -0.39 is 0 Å². The summed E-state index contributed by atoms with van der Waals surface area (Å²) >= 11 is 0. The Labute approximate surface area is 166 Å². The highest BCUT2D eigenvalue weighted by atomic mass is 16.2. The summed E-state index contributed by atoms with van der Waals surface area (Å²) in [6, 6.07) is 15.6. The number of rotatable bonds is 7. The van der Waals surface area contributed by atoms with Crippen molar-refractivity contribution in [3.05, 3.63) is 54.1 Å². The molecule has 1 aliphatic rings. The SMILES string of the molecule is CN(C)C(=O)Cc1ccccc1NCC(=O)Nc1ccc(N2CCCC2)cc1. The van der Waals surface area contributed by atoms with Gasteiger partial charge in [-0.15, -0.1) is 0 Å². The molecular formula is C22H28N4O2. The van der Waals surface area contributed by atoms with Gasteiger partial charge in [-0.25, -0.2) is 0 Å². The zero-order chi connectivity index (χ0) is 19.9. The quantitative estimate of drug-likeness (QED) is 0.775. The molecule has 0 aliphatic carbocycles. The van der Waals surface area contributed by atoms with E-state index in [2.05, 4.69) is 27.7 Å². The van der Waals surface area contributed by atoms with Crippen LogP contribution in [0.2, 0.25) is 0 Å². The molecule has 2 amide bonds. The Morgan fingerprint density at radius 3 is 2.36 bits per heavy atom. The Bertz CT molecular complexity index is 812. The molecule has 6 heteroatoms. The fourth-order valence-electron chi connectivity index (χ4n) is 3.28. The fourth-order valence-corrected chi connectivity index (χ4v) is 3.28. The molecule has 0 bridgehead atoms. The number of hydrogen-bond acceptors (Lipinski definition) is 4. The number of nitrogens with one attached hydrogen (secondary N) is 2. The van der Waals surface area contributed by atoms with Gasteiger partial charge in [0.1, 0.15) is 0 Å². The largest absolute Gasteiger partial charge is 0.376 e. The van der Waals surface area contributed by atoms with Crippen LogP contribution >= 0.6 is 0 Å². The monoisotopic (exact) mass is 380 g/mol. The van der Waals surface area contributed by atoms with Crippen molar-refractivity contribution < 1.29 is 9.59 Å². The van der Waals surface area contributed by atoms with Crippen LogP contribution in [-0.2, 0) is 16.0 Å². The lowest BCUT2D eigenvalue weighted by Gasteiger charge is -2.18. The summed E-state index contributed by atoms with van der Waals surface area (Å²) in [5, 5.41) is 6.06. The Kier molecular flexibility index (Phi) is 6.53. The third kappa shape index (κ3) is 5.25. The smallest absolute Gasteiger partial charge is 0.243 e. The number of nitrogens with zero attached hydrogens (tertiary/aromatic N) is 2. The van der Waals surface area contributed by atoms with E-state index in [0.29, 0.717) is 6.42 Å². The standard InChI is InChI=1S/C22H28N4O2/c1-25(2)22(28)15-17-7-3-4-8-20(17)23-16-21(27)24-18-9-11-19(12-10-18)26-13-5-6-14-26/h3-4,7-12,23H,5-6,13-16H2,1-2H3,(H,24,27). The van der Waals surface area contributed by atoms with Gasteiger partial charge in [0.05, 0.1) is 13.0 Å². The molecule has 1 fully saturated rings. The van der Waals surface area contributed by atoms with Crippen molar-refractivity contribution in [3.63, 3.8) is 0 Å². The maximum Gasteiger partial charge on any atom is 0.243 e. The number of hydrogen-bond donors (Lipinski definition) is 2. The number of amides is 2. The number of anilines is 3. The van der Waals surface area contributed by atoms with E-state index in [1.165, 1.54) is 18.5 Å². The Balaban J connectivity index is 1.54. The minimum atomic E-state index is -0.123. The fraction of sp³-hybridized carbons (Fsp3) is 0.364. The van der Waals surface area contributed by atoms with E-state index in [1.54, 1.807) is 19.0 Å². The minimum absolute atomic E-state index is 0.0248. The van der Waals surface area contributed by atoms with Crippen LogP contribution in [0.3, 0.4) is 0 Å². The Morgan fingerprint density at radius 1 is 1.00 bits per heavy atom. The molecule has 0 saturated carbocycles. The summed E-state index contributed by atoms with van der Waals surface area (Å²) in [5.41, 5.74) is 3.67. The molecular weight excluding hydrogens is 352 g/mol. The molecule has 0 unspecified atom stereocenters. The van der Waals surface area contributed by atoms with E-state index in [0.717, 1.165) is 30.0 Å². The van der Waals surface area contributed by atoms with Crippen molar-refractivity contribution in [1.29, 1.82) is 0 Å². The first-order valence-electron chi connectivity index (χ1n) is 9.70. The molecule has 6 nitrogen and oxygen atoms in total. The number of carbonyl (C=O) groups is 2. The molecule has 2 aromatic carbocycles. The maximum atomic E-state index is 12.3. The van der Waals surface area contributed by atoms with Gasteiger partial charge in [0.15, 0.2) is 0 Å². The van der Waals surface area contributed by atoms with Crippen LogP contribution in [-0.4, -0.2) is 50.4 Å². The Morgan fingerprint density at radius 2 is 1.68 bits per heavy atom. The zero-order valence-electron chi connectivity index (χ0n) is 16.6. The number of benzene rings is 2. The van der Waals surface area contributed by atoms with Crippen molar-refractivity contribution in [1.82, 2.24) is 4.90 Å². The minimum Gasteiger partial charge on any atom is -0.376 e. The lowest BCUT2D eigenvalue weighted by Crippen LogP contribution is -2.25. The molecule has 0 aromatic heterocycles.